The first-order valence-electron chi connectivity index (χ1n) is 4.75. The summed E-state index contributed by atoms with van der Waals surface area (Å²) in [7, 11) is 0. The molecule has 84 valence electrons. The number of rotatable bonds is 5. The molecule has 2 N–H and O–H groups in total. The molecule has 1 heterocycles. The van der Waals surface area contributed by atoms with Gasteiger partial charge in [0.1, 0.15) is 0 Å². The summed E-state index contributed by atoms with van der Waals surface area (Å²) in [5.41, 5.74) is 5.92. The average molecular weight is 215 g/mol. The number of hydrogen-bond acceptors (Lipinski definition) is 4. The van der Waals surface area contributed by atoms with Crippen molar-refractivity contribution >= 4 is 11.7 Å². The average Bonchev–Trinajstić information content (AvgIpc) is 2.57. The largest absolute Gasteiger partial charge is 0.461 e. The molecule has 5 nitrogen and oxygen atoms in total. The number of carbonyl (C=O) groups is 1. The fraction of sp³-hybridized carbons (Fsp3) is 0.556. The van der Waals surface area contributed by atoms with Gasteiger partial charge in [-0.3, -0.25) is 9.07 Å². The predicted octanol–water partition coefficient (Wildman–Crippen LogP) is 1.00. The second-order valence-corrected chi connectivity index (χ2v) is 2.96. The summed E-state index contributed by atoms with van der Waals surface area (Å²) >= 11 is 0. The normalized spacial score (nSPS) is 10.3. The van der Waals surface area contributed by atoms with Crippen molar-refractivity contribution in [2.24, 2.45) is 0 Å². The number of halogens is 1. The van der Waals surface area contributed by atoms with Crippen LogP contribution >= 0.6 is 0 Å². The molecule has 1 aromatic rings. The summed E-state index contributed by atoms with van der Waals surface area (Å²) < 4.78 is 18.1. The Balaban J connectivity index is 2.72. The van der Waals surface area contributed by atoms with E-state index >= 15 is 0 Å². The Morgan fingerprint density at radius 2 is 2.47 bits per heavy atom. The lowest BCUT2D eigenvalue weighted by molar-refractivity contribution is 0.0519. The van der Waals surface area contributed by atoms with E-state index in [2.05, 4.69) is 5.10 Å². The highest BCUT2D eigenvalue weighted by molar-refractivity contribution is 5.92. The molecule has 0 unspecified atom stereocenters. The van der Waals surface area contributed by atoms with E-state index in [1.54, 1.807) is 6.92 Å². The molecule has 0 spiro atoms. The van der Waals surface area contributed by atoms with Crippen LogP contribution in [0.15, 0.2) is 6.20 Å². The predicted molar refractivity (Wildman–Crippen MR) is 53.2 cm³/mol. The van der Waals surface area contributed by atoms with Gasteiger partial charge < -0.3 is 10.5 Å². The third-order valence-corrected chi connectivity index (χ3v) is 1.78. The molecule has 0 aromatic carbocycles. The molecule has 0 radical (unpaired) electrons. The molecule has 0 aliphatic carbocycles. The summed E-state index contributed by atoms with van der Waals surface area (Å²) in [6.07, 6.45) is 1.85. The minimum absolute atomic E-state index is 0.0932. The van der Waals surface area contributed by atoms with Crippen LogP contribution in [0.4, 0.5) is 10.1 Å². The number of esters is 1. The Morgan fingerprint density at radius 1 is 1.73 bits per heavy atom. The Morgan fingerprint density at radius 3 is 3.07 bits per heavy atom. The van der Waals surface area contributed by atoms with Gasteiger partial charge in [-0.2, -0.15) is 5.10 Å². The van der Waals surface area contributed by atoms with E-state index in [4.69, 9.17) is 10.5 Å². The zero-order valence-corrected chi connectivity index (χ0v) is 8.57. The summed E-state index contributed by atoms with van der Waals surface area (Å²) in [5.74, 6) is -0.547. The van der Waals surface area contributed by atoms with Crippen LogP contribution in [0.25, 0.3) is 0 Å². The van der Waals surface area contributed by atoms with Gasteiger partial charge in [0.05, 0.1) is 19.0 Å². The lowest BCUT2D eigenvalue weighted by Gasteiger charge is -1.98. The summed E-state index contributed by atoms with van der Waals surface area (Å²) in [4.78, 5) is 11.3. The highest BCUT2D eigenvalue weighted by Crippen LogP contribution is 2.10. The van der Waals surface area contributed by atoms with Crippen LogP contribution in [0.3, 0.4) is 0 Å². The van der Waals surface area contributed by atoms with Crippen molar-refractivity contribution in [2.45, 2.75) is 19.9 Å². The second-order valence-electron chi connectivity index (χ2n) is 2.96. The number of alkyl halides is 1. The van der Waals surface area contributed by atoms with Crippen molar-refractivity contribution in [2.75, 3.05) is 19.0 Å². The van der Waals surface area contributed by atoms with E-state index in [-0.39, 0.29) is 18.0 Å². The van der Waals surface area contributed by atoms with Crippen LogP contribution in [-0.4, -0.2) is 29.0 Å². The number of ether oxygens (including phenoxy) is 1. The molecular weight excluding hydrogens is 201 g/mol. The Hall–Kier alpha value is -1.59. The highest BCUT2D eigenvalue weighted by Gasteiger charge is 2.15. The van der Waals surface area contributed by atoms with Crippen molar-refractivity contribution in [1.82, 2.24) is 9.78 Å². The number of aromatic nitrogens is 2. The van der Waals surface area contributed by atoms with Crippen LogP contribution in [0.2, 0.25) is 0 Å². The fourth-order valence-corrected chi connectivity index (χ4v) is 1.13. The van der Waals surface area contributed by atoms with Crippen LogP contribution in [0, 0.1) is 0 Å². The van der Waals surface area contributed by atoms with Gasteiger partial charge in [-0.15, -0.1) is 0 Å². The van der Waals surface area contributed by atoms with Crippen molar-refractivity contribution in [3.63, 3.8) is 0 Å². The molecule has 15 heavy (non-hydrogen) atoms. The molecule has 0 aliphatic heterocycles. The molecule has 0 amide bonds. The minimum Gasteiger partial charge on any atom is -0.461 e. The van der Waals surface area contributed by atoms with Gasteiger partial charge in [0, 0.05) is 12.7 Å². The lowest BCUT2D eigenvalue weighted by atomic mass is 10.4. The van der Waals surface area contributed by atoms with E-state index in [0.29, 0.717) is 13.0 Å². The van der Waals surface area contributed by atoms with E-state index in [0.717, 1.165) is 0 Å². The van der Waals surface area contributed by atoms with Crippen molar-refractivity contribution in [3.05, 3.63) is 11.9 Å². The Kier molecular flexibility index (Phi) is 4.08. The SMILES string of the molecule is CCOC(=O)c1nn(CCCF)cc1N. The standard InChI is InChI=1S/C9H14FN3O2/c1-2-15-9(14)8-7(11)6-13(12-8)5-3-4-10/h6H,2-5,11H2,1H3. The molecule has 0 fully saturated rings. The molecule has 0 saturated carbocycles. The van der Waals surface area contributed by atoms with Crippen LogP contribution < -0.4 is 5.73 Å². The zero-order valence-electron chi connectivity index (χ0n) is 8.57. The number of carbonyl (C=O) groups excluding carboxylic acids is 1. The smallest absolute Gasteiger partial charge is 0.361 e. The van der Waals surface area contributed by atoms with Gasteiger partial charge in [0.25, 0.3) is 0 Å². The molecule has 6 heteroatoms. The van der Waals surface area contributed by atoms with Crippen molar-refractivity contribution < 1.29 is 13.9 Å². The molecule has 0 aliphatic rings. The third-order valence-electron chi connectivity index (χ3n) is 1.78. The minimum atomic E-state index is -0.547. The molecule has 0 bridgehead atoms. The quantitative estimate of drug-likeness (QED) is 0.744. The molecule has 0 atom stereocenters. The highest BCUT2D eigenvalue weighted by atomic mass is 19.1. The molecule has 1 aromatic heterocycles. The second kappa shape index (κ2) is 5.33. The van der Waals surface area contributed by atoms with Gasteiger partial charge in [-0.05, 0) is 13.3 Å². The van der Waals surface area contributed by atoms with E-state index in [1.165, 1.54) is 10.9 Å². The Labute approximate surface area is 87.0 Å². The van der Waals surface area contributed by atoms with Gasteiger partial charge in [0.15, 0.2) is 5.69 Å². The number of nitrogens with zero attached hydrogens (tertiary/aromatic N) is 2. The maximum absolute atomic E-state index is 11.9. The summed E-state index contributed by atoms with van der Waals surface area (Å²) in [5, 5.41) is 3.92. The van der Waals surface area contributed by atoms with Gasteiger partial charge in [0.2, 0.25) is 0 Å². The first-order valence-corrected chi connectivity index (χ1v) is 4.75. The maximum atomic E-state index is 11.9. The van der Waals surface area contributed by atoms with Crippen molar-refractivity contribution in [1.29, 1.82) is 0 Å². The zero-order chi connectivity index (χ0) is 11.3. The number of anilines is 1. The van der Waals surface area contributed by atoms with Gasteiger partial charge in [-0.25, -0.2) is 4.79 Å². The Bertz CT molecular complexity index is 338. The van der Waals surface area contributed by atoms with Gasteiger partial charge >= 0.3 is 5.97 Å². The van der Waals surface area contributed by atoms with E-state index < -0.39 is 12.6 Å². The number of nitrogens with two attached hydrogens (primary N) is 1. The number of nitrogen functional groups attached to an aromatic ring is 1. The van der Waals surface area contributed by atoms with Crippen LogP contribution in [0.1, 0.15) is 23.8 Å². The molecule has 0 saturated heterocycles. The van der Waals surface area contributed by atoms with Crippen LogP contribution in [-0.2, 0) is 11.3 Å². The maximum Gasteiger partial charge on any atom is 0.361 e. The first kappa shape index (κ1) is 11.5. The molecular formula is C9H14FN3O2. The number of aryl methyl sites for hydroxylation is 1. The first-order chi connectivity index (χ1) is 7.19. The van der Waals surface area contributed by atoms with Crippen molar-refractivity contribution in [3.8, 4) is 0 Å². The third kappa shape index (κ3) is 2.93. The topological polar surface area (TPSA) is 70.1 Å². The summed E-state index contributed by atoms with van der Waals surface area (Å²) in [6.45, 7) is 1.96. The van der Waals surface area contributed by atoms with E-state index in [9.17, 15) is 9.18 Å². The lowest BCUT2D eigenvalue weighted by Crippen LogP contribution is -2.09. The summed E-state index contributed by atoms with van der Waals surface area (Å²) in [6, 6.07) is 0. The number of hydrogen-bond donors (Lipinski definition) is 1. The molecule has 1 rings (SSSR count). The monoisotopic (exact) mass is 215 g/mol. The van der Waals surface area contributed by atoms with Gasteiger partial charge in [-0.1, -0.05) is 0 Å². The van der Waals surface area contributed by atoms with E-state index in [1.807, 2.05) is 0 Å². The fourth-order valence-electron chi connectivity index (χ4n) is 1.13. The van der Waals surface area contributed by atoms with Crippen LogP contribution in [0.5, 0.6) is 0 Å².